The first-order valence-electron chi connectivity index (χ1n) is 15.4. The van der Waals surface area contributed by atoms with Crippen LogP contribution in [0.15, 0.2) is 176 Å². The molecule has 8 aromatic carbocycles. The largest absolute Gasteiger partial charge is 0.488 e. The zero-order valence-electron chi connectivity index (χ0n) is 24.8. The van der Waals surface area contributed by atoms with Gasteiger partial charge in [0.05, 0.1) is 0 Å². The first-order chi connectivity index (χ1) is 22.3. The van der Waals surface area contributed by atoms with Crippen molar-refractivity contribution in [1.29, 1.82) is 0 Å². The molecule has 0 bridgehead atoms. The van der Waals surface area contributed by atoms with E-state index in [4.69, 9.17) is 4.74 Å². The van der Waals surface area contributed by atoms with Crippen molar-refractivity contribution in [3.63, 3.8) is 0 Å². The van der Waals surface area contributed by atoms with E-state index in [2.05, 4.69) is 170 Å². The zero-order chi connectivity index (χ0) is 30.0. The lowest BCUT2D eigenvalue weighted by Crippen LogP contribution is -2.22. The molecule has 0 fully saturated rings. The molecular weight excluding hydrogens is 563 g/mol. The Morgan fingerprint density at radius 3 is 1.64 bits per heavy atom. The summed E-state index contributed by atoms with van der Waals surface area (Å²) in [5, 5.41) is 11.4. The van der Waals surface area contributed by atoms with Crippen LogP contribution in [0.5, 0.6) is 5.75 Å². The number of benzene rings is 8. The molecule has 0 radical (unpaired) electrons. The summed E-state index contributed by atoms with van der Waals surface area (Å²) in [6.45, 7) is 0.512. The van der Waals surface area contributed by atoms with Crippen LogP contribution >= 0.6 is 7.92 Å². The Hall–Kier alpha value is -5.23. The average molecular weight is 595 g/mol. The highest BCUT2D eigenvalue weighted by Crippen LogP contribution is 2.43. The molecule has 0 atom stereocenters. The second-order valence-electron chi connectivity index (χ2n) is 11.3. The molecule has 214 valence electrons. The summed E-state index contributed by atoms with van der Waals surface area (Å²) in [7, 11) is -0.913. The van der Waals surface area contributed by atoms with Gasteiger partial charge in [0.1, 0.15) is 12.4 Å². The SMILES string of the molecule is c1ccc(COc2ccc3ccccc3c2-c2ccccc2P(c2ccc3ccccc3c2)c2ccc3ccccc3c2)cc1. The topological polar surface area (TPSA) is 9.23 Å². The Morgan fingerprint density at radius 1 is 0.422 bits per heavy atom. The Kier molecular flexibility index (Phi) is 7.31. The minimum absolute atomic E-state index is 0.512. The van der Waals surface area contributed by atoms with Gasteiger partial charge in [0.25, 0.3) is 0 Å². The van der Waals surface area contributed by atoms with Gasteiger partial charge in [-0.25, -0.2) is 0 Å². The lowest BCUT2D eigenvalue weighted by atomic mass is 9.97. The Balaban J connectivity index is 1.36. The molecule has 0 spiro atoms. The second kappa shape index (κ2) is 12.0. The first-order valence-corrected chi connectivity index (χ1v) is 16.7. The molecule has 8 aromatic rings. The minimum atomic E-state index is -0.913. The fourth-order valence-electron chi connectivity index (χ4n) is 6.32. The molecule has 8 rings (SSSR count). The van der Waals surface area contributed by atoms with E-state index in [1.54, 1.807) is 0 Å². The third-order valence-electron chi connectivity index (χ3n) is 8.52. The van der Waals surface area contributed by atoms with Crippen LogP contribution in [0.2, 0.25) is 0 Å². The third kappa shape index (κ3) is 5.37. The van der Waals surface area contributed by atoms with E-state index < -0.39 is 7.92 Å². The van der Waals surface area contributed by atoms with Gasteiger partial charge in [0.15, 0.2) is 0 Å². The molecular formula is C43H31OP. The van der Waals surface area contributed by atoms with Crippen LogP contribution < -0.4 is 20.7 Å². The van der Waals surface area contributed by atoms with Crippen molar-refractivity contribution >= 4 is 56.2 Å². The first kappa shape index (κ1) is 27.3. The van der Waals surface area contributed by atoms with Crippen molar-refractivity contribution < 1.29 is 4.74 Å². The van der Waals surface area contributed by atoms with E-state index in [-0.39, 0.29) is 0 Å². The van der Waals surface area contributed by atoms with E-state index in [0.717, 1.165) is 16.9 Å². The molecule has 0 aromatic heterocycles. The lowest BCUT2D eigenvalue weighted by molar-refractivity contribution is 0.308. The van der Waals surface area contributed by atoms with Crippen molar-refractivity contribution in [2.24, 2.45) is 0 Å². The Morgan fingerprint density at radius 2 is 0.956 bits per heavy atom. The molecule has 0 aliphatic carbocycles. The van der Waals surface area contributed by atoms with Gasteiger partial charge < -0.3 is 4.74 Å². The summed E-state index contributed by atoms with van der Waals surface area (Å²) in [4.78, 5) is 0. The van der Waals surface area contributed by atoms with Crippen LogP contribution in [0.3, 0.4) is 0 Å². The molecule has 2 heteroatoms. The maximum atomic E-state index is 6.65. The zero-order valence-corrected chi connectivity index (χ0v) is 25.7. The molecule has 0 aliphatic heterocycles. The standard InChI is InChI=1S/C43H31OP/c1-2-12-31(13-3-1)30-44-41-27-24-34-16-8-9-19-39(34)43(41)40-20-10-11-21-42(40)45(37-25-22-32-14-4-6-17-35(32)28-37)38-26-23-33-15-5-7-18-36(33)29-38/h1-29H,30H2. The van der Waals surface area contributed by atoms with Crippen molar-refractivity contribution in [2.45, 2.75) is 6.61 Å². The van der Waals surface area contributed by atoms with Crippen LogP contribution in [-0.2, 0) is 6.61 Å². The normalized spacial score (nSPS) is 11.4. The Labute approximate surface area is 265 Å². The highest BCUT2D eigenvalue weighted by molar-refractivity contribution is 7.80. The number of fused-ring (bicyclic) bond motifs is 3. The van der Waals surface area contributed by atoms with Gasteiger partial charge in [0, 0.05) is 5.56 Å². The number of rotatable bonds is 7. The predicted molar refractivity (Wildman–Crippen MR) is 194 cm³/mol. The second-order valence-corrected chi connectivity index (χ2v) is 13.5. The molecule has 0 saturated carbocycles. The number of ether oxygens (including phenoxy) is 1. The quantitative estimate of drug-likeness (QED) is 0.167. The summed E-state index contributed by atoms with van der Waals surface area (Å²) in [6.07, 6.45) is 0. The molecule has 0 amide bonds. The van der Waals surface area contributed by atoms with Crippen LogP contribution in [0.4, 0.5) is 0 Å². The molecule has 1 nitrogen and oxygen atoms in total. The van der Waals surface area contributed by atoms with Crippen LogP contribution in [0.25, 0.3) is 43.4 Å². The van der Waals surface area contributed by atoms with Crippen LogP contribution in [0, 0.1) is 0 Å². The van der Waals surface area contributed by atoms with Crippen LogP contribution in [-0.4, -0.2) is 0 Å². The molecule has 0 unspecified atom stereocenters. The van der Waals surface area contributed by atoms with Crippen molar-refractivity contribution in [3.05, 3.63) is 181 Å². The van der Waals surface area contributed by atoms with Crippen molar-refractivity contribution in [1.82, 2.24) is 0 Å². The van der Waals surface area contributed by atoms with E-state index in [0.29, 0.717) is 6.61 Å². The number of hydrogen-bond donors (Lipinski definition) is 0. The summed E-state index contributed by atoms with van der Waals surface area (Å²) in [5.41, 5.74) is 3.51. The van der Waals surface area contributed by atoms with E-state index in [1.165, 1.54) is 53.8 Å². The lowest BCUT2D eigenvalue weighted by Gasteiger charge is -2.25. The van der Waals surface area contributed by atoms with Gasteiger partial charge in [-0.3, -0.25) is 0 Å². The Bertz CT molecular complexity index is 2210. The van der Waals surface area contributed by atoms with Gasteiger partial charge in [-0.15, -0.1) is 0 Å². The highest BCUT2D eigenvalue weighted by atomic mass is 31.1. The fraction of sp³-hybridized carbons (Fsp3) is 0.0233. The predicted octanol–water partition coefficient (Wildman–Crippen LogP) is 10.2. The maximum Gasteiger partial charge on any atom is 0.128 e. The summed E-state index contributed by atoms with van der Waals surface area (Å²) in [6, 6.07) is 63.7. The monoisotopic (exact) mass is 594 g/mol. The van der Waals surface area contributed by atoms with Gasteiger partial charge >= 0.3 is 0 Å². The van der Waals surface area contributed by atoms with Gasteiger partial charge in [-0.1, -0.05) is 158 Å². The van der Waals surface area contributed by atoms with Gasteiger partial charge in [-0.2, -0.15) is 0 Å². The molecule has 45 heavy (non-hydrogen) atoms. The third-order valence-corrected chi connectivity index (χ3v) is 11.0. The summed E-state index contributed by atoms with van der Waals surface area (Å²) in [5.74, 6) is 0.900. The van der Waals surface area contributed by atoms with Crippen molar-refractivity contribution in [2.75, 3.05) is 0 Å². The van der Waals surface area contributed by atoms with Gasteiger partial charge in [-0.05, 0) is 85.5 Å². The van der Waals surface area contributed by atoms with Crippen LogP contribution in [0.1, 0.15) is 5.56 Å². The highest BCUT2D eigenvalue weighted by Gasteiger charge is 2.23. The number of hydrogen-bond acceptors (Lipinski definition) is 1. The van der Waals surface area contributed by atoms with Gasteiger partial charge in [0.2, 0.25) is 0 Å². The molecule has 0 aliphatic rings. The summed E-state index contributed by atoms with van der Waals surface area (Å²) < 4.78 is 6.65. The average Bonchev–Trinajstić information content (AvgIpc) is 3.11. The molecule has 0 heterocycles. The smallest absolute Gasteiger partial charge is 0.128 e. The van der Waals surface area contributed by atoms with E-state index in [1.807, 2.05) is 6.07 Å². The summed E-state index contributed by atoms with van der Waals surface area (Å²) >= 11 is 0. The van der Waals surface area contributed by atoms with E-state index >= 15 is 0 Å². The molecule has 0 saturated heterocycles. The van der Waals surface area contributed by atoms with E-state index in [9.17, 15) is 0 Å². The minimum Gasteiger partial charge on any atom is -0.488 e. The fourth-order valence-corrected chi connectivity index (χ4v) is 8.82. The maximum absolute atomic E-state index is 6.65. The van der Waals surface area contributed by atoms with Crippen molar-refractivity contribution in [3.8, 4) is 16.9 Å². The molecule has 0 N–H and O–H groups in total.